The quantitative estimate of drug-likeness (QED) is 0.476. The Bertz CT molecular complexity index is 1150. The van der Waals surface area contributed by atoms with Gasteiger partial charge in [-0.1, -0.05) is 49.7 Å². The molecule has 0 aliphatic carbocycles. The van der Waals surface area contributed by atoms with Crippen LogP contribution >= 0.6 is 11.6 Å². The van der Waals surface area contributed by atoms with Crippen LogP contribution < -0.4 is 5.32 Å². The number of aromatic nitrogens is 3. The van der Waals surface area contributed by atoms with Gasteiger partial charge in [-0.25, -0.2) is 4.98 Å². The van der Waals surface area contributed by atoms with Gasteiger partial charge in [0.05, 0.1) is 5.02 Å². The van der Waals surface area contributed by atoms with Gasteiger partial charge in [0.2, 0.25) is 0 Å². The molecular formula is C25H29ClN4O3. The van der Waals surface area contributed by atoms with Crippen molar-refractivity contribution in [3.05, 3.63) is 58.6 Å². The first kappa shape index (κ1) is 24.6. The molecular weight excluding hydrogens is 440 g/mol. The molecule has 0 atom stereocenters. The zero-order chi connectivity index (χ0) is 24.2. The van der Waals surface area contributed by atoms with Crippen molar-refractivity contribution in [2.45, 2.75) is 52.7 Å². The van der Waals surface area contributed by atoms with Gasteiger partial charge in [0.15, 0.2) is 11.6 Å². The van der Waals surface area contributed by atoms with Crippen molar-refractivity contribution in [2.24, 2.45) is 0 Å². The minimum Gasteiger partial charge on any atom is -0.479 e. The minimum atomic E-state index is -0.927. The molecule has 0 spiro atoms. The fourth-order valence-corrected chi connectivity index (χ4v) is 3.53. The molecule has 1 aromatic heterocycles. The van der Waals surface area contributed by atoms with E-state index >= 15 is 0 Å². The lowest BCUT2D eigenvalue weighted by Crippen LogP contribution is -2.43. The van der Waals surface area contributed by atoms with Gasteiger partial charge in [0.25, 0.3) is 5.91 Å². The van der Waals surface area contributed by atoms with Crippen molar-refractivity contribution in [1.82, 2.24) is 20.3 Å². The zero-order valence-corrected chi connectivity index (χ0v) is 20.3. The van der Waals surface area contributed by atoms with Gasteiger partial charge in [-0.3, -0.25) is 4.79 Å². The number of hydrogen-bond acceptors (Lipinski definition) is 6. The zero-order valence-electron chi connectivity index (χ0n) is 19.5. The maximum absolute atomic E-state index is 12.4. The number of hydrogen-bond donors (Lipinski definition) is 2. The summed E-state index contributed by atoms with van der Waals surface area (Å²) >= 11 is 6.44. The van der Waals surface area contributed by atoms with E-state index in [0.717, 1.165) is 16.7 Å². The van der Waals surface area contributed by atoms with Crippen LogP contribution in [-0.2, 0) is 16.1 Å². The SMILES string of the molecule is CCOC(C)(C)C(=O)NCc1ccc(Cl)c(-c2nc(O)nc(-c3cccc(C(C)C)c3)n2)c1. The molecule has 3 aromatic rings. The highest BCUT2D eigenvalue weighted by atomic mass is 35.5. The highest BCUT2D eigenvalue weighted by Crippen LogP contribution is 2.30. The number of amides is 1. The van der Waals surface area contributed by atoms with E-state index in [2.05, 4.69) is 34.1 Å². The highest BCUT2D eigenvalue weighted by molar-refractivity contribution is 6.33. The van der Waals surface area contributed by atoms with E-state index in [4.69, 9.17) is 16.3 Å². The second-order valence-electron chi connectivity index (χ2n) is 8.50. The first-order valence-electron chi connectivity index (χ1n) is 10.9. The van der Waals surface area contributed by atoms with Crippen LogP contribution in [0.1, 0.15) is 51.7 Å². The lowest BCUT2D eigenvalue weighted by molar-refractivity contribution is -0.142. The molecule has 0 radical (unpaired) electrons. The number of halogens is 1. The summed E-state index contributed by atoms with van der Waals surface area (Å²) in [6.07, 6.45) is 0. The molecule has 1 heterocycles. The summed E-state index contributed by atoms with van der Waals surface area (Å²) in [5.41, 5.74) is 2.32. The fraction of sp³-hybridized carbons (Fsp3) is 0.360. The Labute approximate surface area is 199 Å². The average Bonchev–Trinajstić information content (AvgIpc) is 2.77. The number of nitrogens with one attached hydrogen (secondary N) is 1. The predicted molar refractivity (Wildman–Crippen MR) is 129 cm³/mol. The van der Waals surface area contributed by atoms with E-state index in [1.807, 2.05) is 37.3 Å². The van der Waals surface area contributed by atoms with Gasteiger partial charge in [0.1, 0.15) is 5.60 Å². The number of ether oxygens (including phenoxy) is 1. The average molecular weight is 469 g/mol. The van der Waals surface area contributed by atoms with Gasteiger partial charge in [0, 0.05) is 24.3 Å². The Hall–Kier alpha value is -3.03. The second-order valence-corrected chi connectivity index (χ2v) is 8.91. The van der Waals surface area contributed by atoms with E-state index < -0.39 is 11.6 Å². The van der Waals surface area contributed by atoms with Crippen LogP contribution in [0.25, 0.3) is 22.8 Å². The smallest absolute Gasteiger partial charge is 0.318 e. The Morgan fingerprint density at radius 2 is 1.85 bits per heavy atom. The van der Waals surface area contributed by atoms with Gasteiger partial charge in [-0.2, -0.15) is 9.97 Å². The van der Waals surface area contributed by atoms with Gasteiger partial charge in [-0.05, 0) is 56.0 Å². The Kier molecular flexibility index (Phi) is 7.66. The van der Waals surface area contributed by atoms with Crippen molar-refractivity contribution in [2.75, 3.05) is 6.61 Å². The molecule has 33 heavy (non-hydrogen) atoms. The monoisotopic (exact) mass is 468 g/mol. The van der Waals surface area contributed by atoms with Crippen molar-refractivity contribution >= 4 is 17.5 Å². The number of carbonyl (C=O) groups is 1. The molecule has 0 fully saturated rings. The third-order valence-corrected chi connectivity index (χ3v) is 5.54. The number of benzene rings is 2. The van der Waals surface area contributed by atoms with Crippen molar-refractivity contribution < 1.29 is 14.6 Å². The summed E-state index contributed by atoms with van der Waals surface area (Å²) in [6.45, 7) is 10.2. The topological polar surface area (TPSA) is 97.2 Å². The van der Waals surface area contributed by atoms with Crippen LogP contribution in [0.3, 0.4) is 0 Å². The van der Waals surface area contributed by atoms with Crippen LogP contribution in [0.2, 0.25) is 5.02 Å². The maximum atomic E-state index is 12.4. The molecule has 0 bridgehead atoms. The molecule has 2 N–H and O–H groups in total. The number of aromatic hydroxyl groups is 1. The van der Waals surface area contributed by atoms with E-state index in [0.29, 0.717) is 28.9 Å². The van der Waals surface area contributed by atoms with Crippen LogP contribution in [0, 0.1) is 0 Å². The maximum Gasteiger partial charge on any atom is 0.318 e. The van der Waals surface area contributed by atoms with Crippen LogP contribution in [0.5, 0.6) is 6.01 Å². The molecule has 2 aromatic carbocycles. The lowest BCUT2D eigenvalue weighted by atomic mass is 10.0. The highest BCUT2D eigenvalue weighted by Gasteiger charge is 2.27. The van der Waals surface area contributed by atoms with Gasteiger partial charge in [-0.15, -0.1) is 0 Å². The number of nitrogens with zero attached hydrogens (tertiary/aromatic N) is 3. The summed E-state index contributed by atoms with van der Waals surface area (Å²) in [5, 5.41) is 13.5. The van der Waals surface area contributed by atoms with Gasteiger partial charge >= 0.3 is 6.01 Å². The Balaban J connectivity index is 1.91. The summed E-state index contributed by atoms with van der Waals surface area (Å²) in [6, 6.07) is 12.8. The largest absolute Gasteiger partial charge is 0.479 e. The molecule has 174 valence electrons. The Morgan fingerprint density at radius 1 is 1.12 bits per heavy atom. The molecule has 0 aliphatic heterocycles. The van der Waals surface area contributed by atoms with Crippen LogP contribution in [0.4, 0.5) is 0 Å². The normalized spacial score (nSPS) is 11.6. The molecule has 0 saturated heterocycles. The van der Waals surface area contributed by atoms with Crippen LogP contribution in [0.15, 0.2) is 42.5 Å². The van der Waals surface area contributed by atoms with E-state index in [1.165, 1.54) is 0 Å². The van der Waals surface area contributed by atoms with Crippen molar-refractivity contribution in [3.8, 4) is 28.8 Å². The molecule has 0 saturated carbocycles. The van der Waals surface area contributed by atoms with Gasteiger partial charge < -0.3 is 15.2 Å². The number of carbonyl (C=O) groups excluding carboxylic acids is 1. The second kappa shape index (κ2) is 10.3. The summed E-state index contributed by atoms with van der Waals surface area (Å²) in [4.78, 5) is 25.2. The lowest BCUT2D eigenvalue weighted by Gasteiger charge is -2.23. The third kappa shape index (κ3) is 6.06. The van der Waals surface area contributed by atoms with E-state index in [-0.39, 0.29) is 18.3 Å². The standard InChI is InChI=1S/C25H29ClN4O3/c1-6-33-25(4,5)23(31)27-14-16-10-11-20(26)19(12-16)22-28-21(29-24(32)30-22)18-9-7-8-17(13-18)15(2)3/h7-13,15H,6,14H2,1-5H3,(H,27,31)(H,28,29,30,32). The molecule has 7 nitrogen and oxygen atoms in total. The first-order valence-corrected chi connectivity index (χ1v) is 11.2. The molecule has 0 aliphatic rings. The molecule has 0 unspecified atom stereocenters. The van der Waals surface area contributed by atoms with Crippen molar-refractivity contribution in [1.29, 1.82) is 0 Å². The predicted octanol–water partition coefficient (Wildman–Crippen LogP) is 5.12. The molecule has 3 rings (SSSR count). The summed E-state index contributed by atoms with van der Waals surface area (Å²) in [5.74, 6) is 0.730. The molecule has 8 heteroatoms. The van der Waals surface area contributed by atoms with E-state index in [9.17, 15) is 9.90 Å². The number of rotatable bonds is 8. The minimum absolute atomic E-state index is 0.217. The summed E-state index contributed by atoms with van der Waals surface area (Å²) in [7, 11) is 0. The van der Waals surface area contributed by atoms with E-state index in [1.54, 1.807) is 26.0 Å². The van der Waals surface area contributed by atoms with Crippen molar-refractivity contribution in [3.63, 3.8) is 0 Å². The van der Waals surface area contributed by atoms with Crippen LogP contribution in [-0.4, -0.2) is 38.2 Å². The fourth-order valence-electron chi connectivity index (χ4n) is 3.33. The first-order chi connectivity index (χ1) is 15.6. The Morgan fingerprint density at radius 3 is 2.55 bits per heavy atom. The molecule has 1 amide bonds. The summed E-state index contributed by atoms with van der Waals surface area (Å²) < 4.78 is 5.50. The third-order valence-electron chi connectivity index (χ3n) is 5.21.